The van der Waals surface area contributed by atoms with Gasteiger partial charge in [0.25, 0.3) is 0 Å². The highest BCUT2D eigenvalue weighted by Gasteiger charge is 2.62. The summed E-state index contributed by atoms with van der Waals surface area (Å²) in [6.45, 7) is 4.32. The Bertz CT molecular complexity index is 1300. The maximum Gasteiger partial charge on any atom is 0.243 e. The van der Waals surface area contributed by atoms with Crippen molar-refractivity contribution in [3.8, 4) is 0 Å². The van der Waals surface area contributed by atoms with Gasteiger partial charge in [-0.15, -0.1) is 0 Å². The Kier molecular flexibility index (Phi) is 8.05. The third kappa shape index (κ3) is 5.46. The molecular weight excluding hydrogens is 548 g/mol. The minimum atomic E-state index is -4.16. The van der Waals surface area contributed by atoms with Crippen molar-refractivity contribution in [2.24, 2.45) is 5.41 Å². The molecule has 0 spiro atoms. The van der Waals surface area contributed by atoms with Crippen molar-refractivity contribution >= 4 is 27.5 Å². The highest BCUT2D eigenvalue weighted by atomic mass is 35.5. The van der Waals surface area contributed by atoms with Crippen molar-refractivity contribution in [2.45, 2.75) is 62.0 Å². The Hall–Kier alpha value is -2.11. The molecule has 39 heavy (non-hydrogen) atoms. The van der Waals surface area contributed by atoms with Crippen molar-refractivity contribution in [3.63, 3.8) is 0 Å². The summed E-state index contributed by atoms with van der Waals surface area (Å²) in [6, 6.07) is 7.42. The van der Waals surface area contributed by atoms with E-state index >= 15 is 0 Å². The van der Waals surface area contributed by atoms with Crippen LogP contribution in [0.2, 0.25) is 5.02 Å². The molecule has 1 N–H and O–H groups in total. The first-order chi connectivity index (χ1) is 18.6. The molecule has 2 saturated heterocycles. The van der Waals surface area contributed by atoms with Gasteiger partial charge in [-0.25, -0.2) is 17.2 Å². The molecule has 1 amide bonds. The van der Waals surface area contributed by atoms with Gasteiger partial charge < -0.3 is 10.0 Å². The smallest absolute Gasteiger partial charge is 0.243 e. The van der Waals surface area contributed by atoms with Crippen LogP contribution in [0, 0.1) is 17.0 Å². The van der Waals surface area contributed by atoms with E-state index in [-0.39, 0.29) is 29.0 Å². The van der Waals surface area contributed by atoms with E-state index in [1.54, 1.807) is 0 Å². The van der Waals surface area contributed by atoms with Gasteiger partial charge in [0.15, 0.2) is 0 Å². The summed E-state index contributed by atoms with van der Waals surface area (Å²) >= 11 is 6.03. The first-order valence-electron chi connectivity index (χ1n) is 13.5. The molecule has 1 saturated carbocycles. The molecule has 11 heteroatoms. The summed E-state index contributed by atoms with van der Waals surface area (Å²) in [6.07, 6.45) is 2.58. The Morgan fingerprint density at radius 1 is 1.08 bits per heavy atom. The number of carbonyl (C=O) groups excluding carboxylic acids is 1. The van der Waals surface area contributed by atoms with E-state index in [4.69, 9.17) is 11.6 Å². The zero-order chi connectivity index (χ0) is 27.9. The SMILES string of the molecule is C[C@@H]1CN(CCO)CCN1C(=O)C1([C@H]2CCC[C@@H](c3cc(F)cc(F)c3)N2S(=O)(=O)c2ccc(Cl)cc2)CC1. The van der Waals surface area contributed by atoms with Gasteiger partial charge >= 0.3 is 0 Å². The molecule has 1 aliphatic carbocycles. The number of β-amino-alcohol motifs (C(OH)–C–C–N with tert-alkyl or cyclic N) is 1. The van der Waals surface area contributed by atoms with Gasteiger partial charge in [0.2, 0.25) is 15.9 Å². The van der Waals surface area contributed by atoms with Crippen molar-refractivity contribution in [1.29, 1.82) is 0 Å². The molecule has 5 rings (SSSR count). The normalized spacial score (nSPS) is 26.0. The lowest BCUT2D eigenvalue weighted by Crippen LogP contribution is -2.60. The van der Waals surface area contributed by atoms with Gasteiger partial charge in [-0.2, -0.15) is 4.31 Å². The Balaban J connectivity index is 1.54. The Labute approximate surface area is 233 Å². The summed E-state index contributed by atoms with van der Waals surface area (Å²) in [5, 5.41) is 9.70. The maximum absolute atomic E-state index is 14.3. The summed E-state index contributed by atoms with van der Waals surface area (Å²) in [4.78, 5) is 18.1. The number of rotatable bonds is 7. The zero-order valence-corrected chi connectivity index (χ0v) is 23.5. The number of aliphatic hydroxyl groups excluding tert-OH is 1. The van der Waals surface area contributed by atoms with Crippen LogP contribution in [0.1, 0.15) is 50.6 Å². The lowest BCUT2D eigenvalue weighted by atomic mass is 9.83. The van der Waals surface area contributed by atoms with Crippen LogP contribution in [0.4, 0.5) is 8.78 Å². The molecule has 0 unspecified atom stereocenters. The van der Waals surface area contributed by atoms with Crippen molar-refractivity contribution < 1.29 is 27.1 Å². The summed E-state index contributed by atoms with van der Waals surface area (Å²) in [7, 11) is -4.16. The van der Waals surface area contributed by atoms with E-state index in [1.807, 2.05) is 11.8 Å². The molecule has 2 heterocycles. The van der Waals surface area contributed by atoms with Crippen molar-refractivity contribution in [3.05, 3.63) is 64.7 Å². The van der Waals surface area contributed by atoms with E-state index < -0.39 is 39.2 Å². The second-order valence-corrected chi connectivity index (χ2v) is 13.3. The lowest BCUT2D eigenvalue weighted by molar-refractivity contribution is -0.144. The number of piperidine rings is 1. The summed E-state index contributed by atoms with van der Waals surface area (Å²) < 4.78 is 58.5. The molecule has 3 atom stereocenters. The minimum absolute atomic E-state index is 0.0231. The average Bonchev–Trinajstić information content (AvgIpc) is 3.70. The standard InChI is InChI=1S/C28H34ClF2N3O4S/c1-19-18-32(13-14-35)11-12-33(19)27(36)28(9-10-28)26-4-2-3-25(20-15-22(30)17-23(31)16-20)34(26)39(37,38)24-7-5-21(29)6-8-24/h5-8,15-17,19,25-26,35H,2-4,9-14,18H2,1H3/t19-,25+,26-/m1/s1. The molecule has 3 fully saturated rings. The number of benzene rings is 2. The maximum atomic E-state index is 14.3. The molecule has 3 aliphatic rings. The number of sulfonamides is 1. The summed E-state index contributed by atoms with van der Waals surface area (Å²) in [5.74, 6) is -1.61. The van der Waals surface area contributed by atoms with Gasteiger partial charge in [0, 0.05) is 49.4 Å². The molecule has 0 bridgehead atoms. The first-order valence-corrected chi connectivity index (χ1v) is 15.3. The number of halogens is 3. The number of hydrogen-bond donors (Lipinski definition) is 1. The molecular formula is C28H34ClF2N3O4S. The number of piperazine rings is 1. The van der Waals surface area contributed by atoms with Crippen LogP contribution < -0.4 is 0 Å². The van der Waals surface area contributed by atoms with Crippen LogP contribution in [0.25, 0.3) is 0 Å². The van der Waals surface area contributed by atoms with E-state index in [0.717, 1.165) is 6.07 Å². The highest BCUT2D eigenvalue weighted by Crippen LogP contribution is 2.57. The van der Waals surface area contributed by atoms with Crippen molar-refractivity contribution in [1.82, 2.24) is 14.1 Å². The van der Waals surface area contributed by atoms with E-state index in [9.17, 15) is 27.1 Å². The Morgan fingerprint density at radius 3 is 2.33 bits per heavy atom. The van der Waals surface area contributed by atoms with Crippen LogP contribution in [0.15, 0.2) is 47.4 Å². The summed E-state index contributed by atoms with van der Waals surface area (Å²) in [5.41, 5.74) is -0.652. The number of amides is 1. The second kappa shape index (κ2) is 11.0. The van der Waals surface area contributed by atoms with E-state index in [0.29, 0.717) is 63.3 Å². The predicted molar refractivity (Wildman–Crippen MR) is 144 cm³/mol. The molecule has 0 radical (unpaired) electrons. The van der Waals surface area contributed by atoms with Crippen molar-refractivity contribution in [2.75, 3.05) is 32.8 Å². The second-order valence-electron chi connectivity index (χ2n) is 11.0. The number of aliphatic hydroxyl groups is 1. The van der Waals surface area contributed by atoms with Gasteiger partial charge in [0.1, 0.15) is 11.6 Å². The van der Waals surface area contributed by atoms with Gasteiger partial charge in [-0.3, -0.25) is 9.69 Å². The predicted octanol–water partition coefficient (Wildman–Crippen LogP) is 4.21. The molecule has 2 aromatic carbocycles. The largest absolute Gasteiger partial charge is 0.395 e. The topological polar surface area (TPSA) is 81.2 Å². The zero-order valence-electron chi connectivity index (χ0n) is 21.9. The third-order valence-electron chi connectivity index (χ3n) is 8.47. The van der Waals surface area contributed by atoms with Gasteiger partial charge in [-0.1, -0.05) is 11.6 Å². The molecule has 212 valence electrons. The van der Waals surface area contributed by atoms with Gasteiger partial charge in [-0.05, 0) is 81.0 Å². The molecule has 2 aliphatic heterocycles. The monoisotopic (exact) mass is 581 g/mol. The Morgan fingerprint density at radius 2 is 1.74 bits per heavy atom. The fraction of sp³-hybridized carbons (Fsp3) is 0.536. The van der Waals surface area contributed by atoms with Crippen LogP contribution in [0.5, 0.6) is 0 Å². The molecule has 0 aromatic heterocycles. The number of carbonyl (C=O) groups is 1. The molecule has 7 nitrogen and oxygen atoms in total. The number of hydrogen-bond acceptors (Lipinski definition) is 5. The van der Waals surface area contributed by atoms with Crippen LogP contribution >= 0.6 is 11.6 Å². The third-order valence-corrected chi connectivity index (χ3v) is 10.7. The van der Waals surface area contributed by atoms with E-state index in [2.05, 4.69) is 4.90 Å². The van der Waals surface area contributed by atoms with Crippen LogP contribution in [-0.4, -0.2) is 78.4 Å². The lowest BCUT2D eigenvalue weighted by Gasteiger charge is -2.47. The van der Waals surface area contributed by atoms with Gasteiger partial charge in [0.05, 0.1) is 23.0 Å². The fourth-order valence-electron chi connectivity index (χ4n) is 6.43. The first kappa shape index (κ1) is 28.4. The van der Waals surface area contributed by atoms with Crippen LogP contribution in [0.3, 0.4) is 0 Å². The van der Waals surface area contributed by atoms with E-state index in [1.165, 1.54) is 40.7 Å². The minimum Gasteiger partial charge on any atom is -0.395 e. The van der Waals surface area contributed by atoms with Crippen LogP contribution in [-0.2, 0) is 14.8 Å². The fourth-order valence-corrected chi connectivity index (χ4v) is 8.48. The highest BCUT2D eigenvalue weighted by molar-refractivity contribution is 7.89. The molecule has 2 aromatic rings. The number of nitrogens with zero attached hydrogens (tertiary/aromatic N) is 3. The average molecular weight is 582 g/mol. The quantitative estimate of drug-likeness (QED) is 0.530.